The van der Waals surface area contributed by atoms with Gasteiger partial charge in [0.25, 0.3) is 0 Å². The van der Waals surface area contributed by atoms with Crippen LogP contribution >= 0.6 is 0 Å². The second-order valence-corrected chi connectivity index (χ2v) is 5.18. The van der Waals surface area contributed by atoms with E-state index in [1.54, 1.807) is 0 Å². The number of nitrogens with two attached hydrogens (primary N) is 1. The number of anilines is 1. The number of amidine groups is 1. The summed E-state index contributed by atoms with van der Waals surface area (Å²) in [7, 11) is 2.07. The number of benzene rings is 1. The summed E-state index contributed by atoms with van der Waals surface area (Å²) in [5, 5.41) is 12.0. The van der Waals surface area contributed by atoms with E-state index < -0.39 is 0 Å². The molecule has 0 unspecified atom stereocenters. The molecule has 4 nitrogen and oxygen atoms in total. The minimum atomic E-state index is 0.172. The summed E-state index contributed by atoms with van der Waals surface area (Å²) in [4.78, 5) is 2.21. The van der Waals surface area contributed by atoms with Crippen LogP contribution in [0, 0.1) is 12.8 Å². The Morgan fingerprint density at radius 2 is 2.22 bits per heavy atom. The van der Waals surface area contributed by atoms with Crippen molar-refractivity contribution in [3.63, 3.8) is 0 Å². The van der Waals surface area contributed by atoms with Gasteiger partial charge in [-0.2, -0.15) is 0 Å². The van der Waals surface area contributed by atoms with Crippen LogP contribution in [0.4, 0.5) is 5.69 Å². The van der Waals surface area contributed by atoms with Gasteiger partial charge < -0.3 is 15.8 Å². The number of oxime groups is 1. The van der Waals surface area contributed by atoms with Crippen LogP contribution in [0.5, 0.6) is 0 Å². The SMILES string of the molecule is Cc1ccc(C(N)=NO)c(N(C)CC2CCC2)c1. The zero-order valence-corrected chi connectivity index (χ0v) is 11.1. The molecular weight excluding hydrogens is 226 g/mol. The van der Waals surface area contributed by atoms with Gasteiger partial charge in [0.05, 0.1) is 0 Å². The van der Waals surface area contributed by atoms with E-state index in [0.717, 1.165) is 23.7 Å². The van der Waals surface area contributed by atoms with Crippen LogP contribution in [0.2, 0.25) is 0 Å². The summed E-state index contributed by atoms with van der Waals surface area (Å²) < 4.78 is 0. The van der Waals surface area contributed by atoms with E-state index in [9.17, 15) is 0 Å². The maximum Gasteiger partial charge on any atom is 0.172 e. The Labute approximate surface area is 108 Å². The fourth-order valence-electron chi connectivity index (χ4n) is 2.39. The minimum Gasteiger partial charge on any atom is -0.409 e. The van der Waals surface area contributed by atoms with Crippen molar-refractivity contribution in [1.82, 2.24) is 0 Å². The standard InChI is InChI=1S/C14H21N3O/c1-10-6-7-12(14(15)16-18)13(8-10)17(2)9-11-4-3-5-11/h6-8,11,18H,3-5,9H2,1-2H3,(H2,15,16). The smallest absolute Gasteiger partial charge is 0.172 e. The molecule has 1 aliphatic carbocycles. The molecule has 0 saturated heterocycles. The first kappa shape index (κ1) is 12.7. The van der Waals surface area contributed by atoms with E-state index in [1.807, 2.05) is 12.1 Å². The monoisotopic (exact) mass is 247 g/mol. The zero-order chi connectivity index (χ0) is 13.1. The van der Waals surface area contributed by atoms with Crippen LogP contribution in [-0.2, 0) is 0 Å². The summed E-state index contributed by atoms with van der Waals surface area (Å²) in [5.74, 6) is 0.959. The van der Waals surface area contributed by atoms with Gasteiger partial charge in [-0.1, -0.05) is 17.6 Å². The molecule has 1 aromatic carbocycles. The van der Waals surface area contributed by atoms with E-state index in [-0.39, 0.29) is 5.84 Å². The molecule has 2 rings (SSSR count). The molecule has 0 atom stereocenters. The molecule has 18 heavy (non-hydrogen) atoms. The molecule has 3 N–H and O–H groups in total. The van der Waals surface area contributed by atoms with Gasteiger partial charge in [0.15, 0.2) is 5.84 Å². The third-order valence-electron chi connectivity index (χ3n) is 3.70. The van der Waals surface area contributed by atoms with Crippen molar-refractivity contribution in [1.29, 1.82) is 0 Å². The fourth-order valence-corrected chi connectivity index (χ4v) is 2.39. The van der Waals surface area contributed by atoms with Gasteiger partial charge in [-0.3, -0.25) is 0 Å². The third kappa shape index (κ3) is 2.58. The lowest BCUT2D eigenvalue weighted by Crippen LogP contribution is -2.31. The molecule has 0 amide bonds. The number of hydrogen-bond acceptors (Lipinski definition) is 3. The Morgan fingerprint density at radius 3 is 2.78 bits per heavy atom. The summed E-state index contributed by atoms with van der Waals surface area (Å²) in [6.07, 6.45) is 3.98. The van der Waals surface area contributed by atoms with Gasteiger partial charge in [-0.25, -0.2) is 0 Å². The maximum atomic E-state index is 8.85. The first-order valence-electron chi connectivity index (χ1n) is 6.41. The Bertz CT molecular complexity index is 452. The molecule has 1 aliphatic rings. The third-order valence-corrected chi connectivity index (χ3v) is 3.70. The van der Waals surface area contributed by atoms with Gasteiger partial charge in [0, 0.05) is 24.8 Å². The van der Waals surface area contributed by atoms with Crippen LogP contribution < -0.4 is 10.6 Å². The van der Waals surface area contributed by atoms with Crippen molar-refractivity contribution in [2.45, 2.75) is 26.2 Å². The largest absolute Gasteiger partial charge is 0.409 e. The molecule has 0 aromatic heterocycles. The van der Waals surface area contributed by atoms with E-state index >= 15 is 0 Å². The summed E-state index contributed by atoms with van der Waals surface area (Å²) in [6, 6.07) is 5.98. The van der Waals surface area contributed by atoms with Crippen molar-refractivity contribution >= 4 is 11.5 Å². The van der Waals surface area contributed by atoms with Gasteiger partial charge in [-0.05, 0) is 43.4 Å². The highest BCUT2D eigenvalue weighted by molar-refractivity contribution is 6.02. The summed E-state index contributed by atoms with van der Waals surface area (Å²) >= 11 is 0. The van der Waals surface area contributed by atoms with Gasteiger partial charge in [0.1, 0.15) is 0 Å². The van der Waals surface area contributed by atoms with Crippen molar-refractivity contribution in [2.75, 3.05) is 18.5 Å². The van der Waals surface area contributed by atoms with Gasteiger partial charge in [0.2, 0.25) is 0 Å². The summed E-state index contributed by atoms with van der Waals surface area (Å²) in [6.45, 7) is 3.09. The normalized spacial score (nSPS) is 16.4. The molecule has 0 aliphatic heterocycles. The predicted molar refractivity (Wildman–Crippen MR) is 74.3 cm³/mol. The molecule has 1 fully saturated rings. The van der Waals surface area contributed by atoms with Gasteiger partial charge in [-0.15, -0.1) is 0 Å². The van der Waals surface area contributed by atoms with Crippen molar-refractivity contribution in [3.8, 4) is 0 Å². The van der Waals surface area contributed by atoms with Crippen molar-refractivity contribution < 1.29 is 5.21 Å². The number of nitrogens with zero attached hydrogens (tertiary/aromatic N) is 2. The Kier molecular flexibility index (Phi) is 3.75. The van der Waals surface area contributed by atoms with Crippen LogP contribution in [0.1, 0.15) is 30.4 Å². The van der Waals surface area contributed by atoms with Crippen LogP contribution in [0.15, 0.2) is 23.4 Å². The van der Waals surface area contributed by atoms with E-state index in [2.05, 4.69) is 30.1 Å². The Balaban J connectivity index is 2.25. The molecule has 0 bridgehead atoms. The zero-order valence-electron chi connectivity index (χ0n) is 11.1. The van der Waals surface area contributed by atoms with E-state index in [4.69, 9.17) is 10.9 Å². The van der Waals surface area contributed by atoms with E-state index in [1.165, 1.54) is 24.8 Å². The highest BCUT2D eigenvalue weighted by Crippen LogP contribution is 2.29. The highest BCUT2D eigenvalue weighted by Gasteiger charge is 2.21. The Morgan fingerprint density at radius 1 is 1.50 bits per heavy atom. The molecule has 1 aromatic rings. The summed E-state index contributed by atoms with van der Waals surface area (Å²) in [5.41, 5.74) is 8.75. The number of hydrogen-bond donors (Lipinski definition) is 2. The molecule has 4 heteroatoms. The topological polar surface area (TPSA) is 61.9 Å². The lowest BCUT2D eigenvalue weighted by Gasteiger charge is -2.32. The second kappa shape index (κ2) is 5.29. The number of aryl methyl sites for hydroxylation is 1. The van der Waals surface area contributed by atoms with Crippen LogP contribution in [0.25, 0.3) is 0 Å². The Hall–Kier alpha value is -1.71. The molecule has 0 radical (unpaired) electrons. The maximum absolute atomic E-state index is 8.85. The van der Waals surface area contributed by atoms with E-state index in [0.29, 0.717) is 0 Å². The van der Waals surface area contributed by atoms with Gasteiger partial charge >= 0.3 is 0 Å². The van der Waals surface area contributed by atoms with Crippen LogP contribution in [-0.4, -0.2) is 24.6 Å². The molecule has 0 heterocycles. The minimum absolute atomic E-state index is 0.172. The molecule has 98 valence electrons. The average Bonchev–Trinajstić information content (AvgIpc) is 2.32. The highest BCUT2D eigenvalue weighted by atomic mass is 16.4. The predicted octanol–water partition coefficient (Wildman–Crippen LogP) is 2.33. The molecular formula is C14H21N3O. The number of rotatable bonds is 4. The first-order chi connectivity index (χ1) is 8.61. The first-order valence-corrected chi connectivity index (χ1v) is 6.41. The fraction of sp³-hybridized carbons (Fsp3) is 0.500. The second-order valence-electron chi connectivity index (χ2n) is 5.18. The molecule has 0 spiro atoms. The lowest BCUT2D eigenvalue weighted by molar-refractivity contribution is 0.318. The average molecular weight is 247 g/mol. The van der Waals surface area contributed by atoms with Crippen molar-refractivity contribution in [2.24, 2.45) is 16.8 Å². The van der Waals surface area contributed by atoms with Crippen molar-refractivity contribution in [3.05, 3.63) is 29.3 Å². The quantitative estimate of drug-likeness (QED) is 0.371. The molecule has 1 saturated carbocycles. The van der Waals surface area contributed by atoms with Crippen LogP contribution in [0.3, 0.4) is 0 Å². The lowest BCUT2D eigenvalue weighted by atomic mass is 9.85.